The highest BCUT2D eigenvalue weighted by Gasteiger charge is 2.20. The van der Waals surface area contributed by atoms with Gasteiger partial charge in [-0.25, -0.2) is 14.5 Å². The summed E-state index contributed by atoms with van der Waals surface area (Å²) < 4.78 is 8.97. The number of carbonyl (C=O) groups is 1. The van der Waals surface area contributed by atoms with Gasteiger partial charge in [0.15, 0.2) is 5.65 Å². The predicted molar refractivity (Wildman–Crippen MR) is 122 cm³/mol. The van der Waals surface area contributed by atoms with Gasteiger partial charge in [0.2, 0.25) is 0 Å². The van der Waals surface area contributed by atoms with Crippen molar-refractivity contribution < 1.29 is 9.53 Å². The first-order valence-corrected chi connectivity index (χ1v) is 10.7. The zero-order valence-electron chi connectivity index (χ0n) is 18.3. The van der Waals surface area contributed by atoms with E-state index in [0.29, 0.717) is 41.6 Å². The number of ether oxygens (including phenoxy) is 1. The van der Waals surface area contributed by atoms with Crippen molar-refractivity contribution in [3.8, 4) is 5.82 Å². The average Bonchev–Trinajstić information content (AvgIpc) is 3.24. The third-order valence-electron chi connectivity index (χ3n) is 5.40. The number of rotatable bonds is 2. The number of pyridine rings is 2. The number of hydrogen-bond donors (Lipinski definition) is 2. The molecule has 1 amide bonds. The summed E-state index contributed by atoms with van der Waals surface area (Å²) in [5, 5.41) is 10.4. The second-order valence-corrected chi connectivity index (χ2v) is 7.92. The van der Waals surface area contributed by atoms with Crippen molar-refractivity contribution in [2.75, 3.05) is 11.9 Å². The van der Waals surface area contributed by atoms with Crippen molar-refractivity contribution in [1.82, 2.24) is 29.5 Å². The highest BCUT2D eigenvalue weighted by molar-refractivity contribution is 6.00. The molecule has 1 atom stereocenters. The number of aryl methyl sites for hydroxylation is 1. The number of carbonyl (C=O) groups excluding carboxylic acids is 1. The van der Waals surface area contributed by atoms with E-state index < -0.39 is 0 Å². The highest BCUT2D eigenvalue weighted by atomic mass is 16.5. The Bertz CT molecular complexity index is 1390. The number of nitrogens with zero attached hydrogens (tertiary/aromatic N) is 5. The lowest BCUT2D eigenvalue weighted by Crippen LogP contribution is -2.36. The maximum absolute atomic E-state index is 13.3. The second kappa shape index (κ2) is 8.47. The molecule has 0 unspecified atom stereocenters. The summed E-state index contributed by atoms with van der Waals surface area (Å²) in [6.45, 7) is 4.42. The van der Waals surface area contributed by atoms with Crippen molar-refractivity contribution in [2.45, 2.75) is 32.9 Å². The molecule has 10 nitrogen and oxygen atoms in total. The zero-order chi connectivity index (χ0) is 22.9. The van der Waals surface area contributed by atoms with Gasteiger partial charge in [-0.05, 0) is 37.1 Å². The van der Waals surface area contributed by atoms with E-state index in [1.54, 1.807) is 35.1 Å². The lowest BCUT2D eigenvalue weighted by molar-refractivity contribution is 0.0820. The van der Waals surface area contributed by atoms with Crippen molar-refractivity contribution in [3.63, 3.8) is 0 Å². The Balaban J connectivity index is 1.70. The summed E-state index contributed by atoms with van der Waals surface area (Å²) in [6.07, 6.45) is 5.53. The summed E-state index contributed by atoms with van der Waals surface area (Å²) >= 11 is 0. The second-order valence-electron chi connectivity index (χ2n) is 7.92. The van der Waals surface area contributed by atoms with Crippen molar-refractivity contribution >= 4 is 23.1 Å². The van der Waals surface area contributed by atoms with Crippen LogP contribution in [0.25, 0.3) is 11.5 Å². The van der Waals surface area contributed by atoms with E-state index in [0.717, 1.165) is 11.3 Å². The summed E-state index contributed by atoms with van der Waals surface area (Å²) in [6, 6.07) is 8.73. The maximum Gasteiger partial charge on any atom is 0.280 e. The molecule has 4 aromatic rings. The Morgan fingerprint density at radius 3 is 2.91 bits per heavy atom. The first-order valence-electron chi connectivity index (χ1n) is 10.7. The SMILES string of the molecule is CCc1cc2nc3c(cnn13)C(=O)N[C@H](C)COCc1cc(c(=O)n(-c3ccccn3)c1)N2. The Morgan fingerprint density at radius 1 is 1.24 bits per heavy atom. The predicted octanol–water partition coefficient (Wildman–Crippen LogP) is 2.23. The van der Waals surface area contributed by atoms with Gasteiger partial charge in [0.25, 0.3) is 11.5 Å². The molecular formula is C23H23N7O3. The van der Waals surface area contributed by atoms with Crippen LogP contribution in [0.3, 0.4) is 0 Å². The Morgan fingerprint density at radius 2 is 2.12 bits per heavy atom. The van der Waals surface area contributed by atoms with E-state index in [4.69, 9.17) is 4.74 Å². The fraction of sp³-hybridized carbons (Fsp3) is 0.261. The molecule has 5 heterocycles. The fourth-order valence-electron chi connectivity index (χ4n) is 3.81. The number of anilines is 2. The fourth-order valence-corrected chi connectivity index (χ4v) is 3.81. The molecule has 0 fully saturated rings. The van der Waals surface area contributed by atoms with Crippen molar-refractivity contribution in [2.24, 2.45) is 0 Å². The number of aromatic nitrogens is 5. The van der Waals surface area contributed by atoms with Crippen LogP contribution >= 0.6 is 0 Å². The molecule has 0 radical (unpaired) electrons. The van der Waals surface area contributed by atoms with E-state index >= 15 is 0 Å². The van der Waals surface area contributed by atoms with Crippen LogP contribution in [-0.2, 0) is 17.8 Å². The summed E-state index contributed by atoms with van der Waals surface area (Å²) in [4.78, 5) is 35.1. The van der Waals surface area contributed by atoms with Gasteiger partial charge < -0.3 is 15.4 Å². The van der Waals surface area contributed by atoms with E-state index in [1.807, 2.05) is 26.0 Å². The standard InChI is InChI=1S/C23H23N7O3/c1-3-16-9-19-27-18-8-15(11-29(23(18)32)20-6-4-5-7-24-20)13-33-12-14(2)26-22(31)17-10-25-30(16)21(17)28-19/h4-11,14H,3,12-13H2,1-2H3,(H,26,31)(H,27,28)/t14-/m1/s1. The third kappa shape index (κ3) is 3.96. The minimum absolute atomic E-state index is 0.233. The minimum Gasteiger partial charge on any atom is -0.375 e. The van der Waals surface area contributed by atoms with Gasteiger partial charge in [-0.15, -0.1) is 0 Å². The molecule has 33 heavy (non-hydrogen) atoms. The number of amides is 1. The first kappa shape index (κ1) is 20.8. The topological polar surface area (TPSA) is 115 Å². The molecule has 0 aromatic carbocycles. The maximum atomic E-state index is 13.3. The highest BCUT2D eigenvalue weighted by Crippen LogP contribution is 2.20. The molecule has 0 saturated heterocycles. The number of fused-ring (bicyclic) bond motifs is 3. The largest absolute Gasteiger partial charge is 0.375 e. The summed E-state index contributed by atoms with van der Waals surface area (Å²) in [5.41, 5.74) is 2.46. The third-order valence-corrected chi connectivity index (χ3v) is 5.40. The molecule has 10 heteroatoms. The monoisotopic (exact) mass is 445 g/mol. The summed E-state index contributed by atoms with van der Waals surface area (Å²) in [7, 11) is 0. The van der Waals surface area contributed by atoms with Gasteiger partial charge in [-0.2, -0.15) is 5.10 Å². The van der Waals surface area contributed by atoms with Crippen LogP contribution < -0.4 is 16.2 Å². The number of hydrogen-bond acceptors (Lipinski definition) is 7. The smallest absolute Gasteiger partial charge is 0.280 e. The van der Waals surface area contributed by atoms with E-state index in [2.05, 4.69) is 25.7 Å². The molecule has 1 aliphatic rings. The molecule has 0 saturated carbocycles. The van der Waals surface area contributed by atoms with Crippen LogP contribution in [0, 0.1) is 0 Å². The Labute approximate surface area is 189 Å². The molecule has 5 rings (SSSR count). The normalized spacial score (nSPS) is 16.3. The van der Waals surface area contributed by atoms with Crippen molar-refractivity contribution in [1.29, 1.82) is 0 Å². The molecule has 4 bridgehead atoms. The molecule has 0 spiro atoms. The van der Waals surface area contributed by atoms with Crippen LogP contribution in [0.1, 0.15) is 35.5 Å². The van der Waals surface area contributed by atoms with E-state index in [1.165, 1.54) is 10.8 Å². The van der Waals surface area contributed by atoms with Gasteiger partial charge in [0, 0.05) is 30.2 Å². The Hall–Kier alpha value is -4.05. The quantitative estimate of drug-likeness (QED) is 0.486. The lowest BCUT2D eigenvalue weighted by atomic mass is 10.2. The number of nitrogens with one attached hydrogen (secondary N) is 2. The van der Waals surface area contributed by atoms with Crippen molar-refractivity contribution in [3.05, 3.63) is 76.1 Å². The molecule has 1 aliphatic heterocycles. The average molecular weight is 445 g/mol. The van der Waals surface area contributed by atoms with Gasteiger partial charge in [-0.1, -0.05) is 13.0 Å². The van der Waals surface area contributed by atoms with Gasteiger partial charge in [0.1, 0.15) is 22.9 Å². The van der Waals surface area contributed by atoms with Gasteiger partial charge in [-0.3, -0.25) is 14.2 Å². The van der Waals surface area contributed by atoms with Crippen LogP contribution in [0.15, 0.2) is 53.7 Å². The van der Waals surface area contributed by atoms with Crippen LogP contribution in [0.5, 0.6) is 0 Å². The zero-order valence-corrected chi connectivity index (χ0v) is 18.3. The molecular weight excluding hydrogens is 422 g/mol. The van der Waals surface area contributed by atoms with E-state index in [-0.39, 0.29) is 24.1 Å². The lowest BCUT2D eigenvalue weighted by Gasteiger charge is -2.17. The van der Waals surface area contributed by atoms with Crippen LogP contribution in [0.4, 0.5) is 11.5 Å². The summed E-state index contributed by atoms with van der Waals surface area (Å²) in [5.74, 6) is 0.674. The van der Waals surface area contributed by atoms with Crippen LogP contribution in [-0.4, -0.2) is 42.7 Å². The van der Waals surface area contributed by atoms with Gasteiger partial charge in [0.05, 0.1) is 19.4 Å². The molecule has 2 N–H and O–H groups in total. The molecule has 168 valence electrons. The first-order chi connectivity index (χ1) is 16.0. The Kier molecular flexibility index (Phi) is 5.35. The van der Waals surface area contributed by atoms with Crippen LogP contribution in [0.2, 0.25) is 0 Å². The van der Waals surface area contributed by atoms with E-state index in [9.17, 15) is 9.59 Å². The van der Waals surface area contributed by atoms with Gasteiger partial charge >= 0.3 is 0 Å². The molecule has 0 aliphatic carbocycles. The molecule has 4 aromatic heterocycles. The minimum atomic E-state index is -0.277.